The van der Waals surface area contributed by atoms with E-state index in [1.165, 1.54) is 24.3 Å². The van der Waals surface area contributed by atoms with Crippen molar-refractivity contribution in [3.05, 3.63) is 72.1 Å². The highest BCUT2D eigenvalue weighted by atomic mass is 32.2. The van der Waals surface area contributed by atoms with Gasteiger partial charge in [0.15, 0.2) is 5.17 Å². The Morgan fingerprint density at radius 3 is 2.19 bits per heavy atom. The molecule has 1 aliphatic heterocycles. The first-order valence-electron chi connectivity index (χ1n) is 7.52. The zero-order chi connectivity index (χ0) is 18.9. The summed E-state index contributed by atoms with van der Waals surface area (Å²) < 4.78 is 54.7. The third-order valence-electron chi connectivity index (χ3n) is 3.84. The van der Waals surface area contributed by atoms with E-state index >= 15 is 0 Å². The monoisotopic (exact) mass is 382 g/mol. The number of hydrogen-bond donors (Lipinski definition) is 1. The topological polar surface area (TPSA) is 35.8 Å². The van der Waals surface area contributed by atoms with Gasteiger partial charge in [-0.05, 0) is 42.7 Å². The van der Waals surface area contributed by atoms with Crippen molar-refractivity contribution in [2.45, 2.75) is 11.9 Å². The average molecular weight is 382 g/mol. The molecule has 8 heteroatoms. The van der Waals surface area contributed by atoms with E-state index in [9.17, 15) is 22.7 Å². The second-order valence-corrected chi connectivity index (χ2v) is 6.30. The van der Waals surface area contributed by atoms with Gasteiger partial charge in [-0.1, -0.05) is 30.0 Å². The van der Waals surface area contributed by atoms with Crippen molar-refractivity contribution in [3.63, 3.8) is 0 Å². The van der Waals surface area contributed by atoms with Crippen LogP contribution in [0.15, 0.2) is 65.7 Å². The number of anilines is 1. The van der Waals surface area contributed by atoms with Crippen LogP contribution in [0.3, 0.4) is 0 Å². The van der Waals surface area contributed by atoms with Crippen molar-refractivity contribution in [3.8, 4) is 0 Å². The van der Waals surface area contributed by atoms with Gasteiger partial charge in [-0.2, -0.15) is 13.2 Å². The van der Waals surface area contributed by atoms with Gasteiger partial charge >= 0.3 is 6.18 Å². The predicted octanol–water partition coefficient (Wildman–Crippen LogP) is 4.66. The Morgan fingerprint density at radius 1 is 1.04 bits per heavy atom. The number of thioether (sulfide) groups is 1. The summed E-state index contributed by atoms with van der Waals surface area (Å²) in [6, 6.07) is 12.6. The first-order valence-corrected chi connectivity index (χ1v) is 8.74. The molecule has 0 aliphatic carbocycles. The van der Waals surface area contributed by atoms with Gasteiger partial charge < -0.3 is 5.11 Å². The minimum atomic E-state index is -4.99. The molecule has 136 valence electrons. The van der Waals surface area contributed by atoms with Crippen LogP contribution in [0.2, 0.25) is 0 Å². The summed E-state index contributed by atoms with van der Waals surface area (Å²) in [6.45, 7) is 0. The summed E-state index contributed by atoms with van der Waals surface area (Å²) >= 11 is 0.970. The minimum absolute atomic E-state index is 0.0298. The molecule has 0 radical (unpaired) electrons. The van der Waals surface area contributed by atoms with Crippen molar-refractivity contribution in [1.29, 1.82) is 0 Å². The molecule has 0 saturated carbocycles. The number of amidine groups is 1. The Morgan fingerprint density at radius 2 is 1.65 bits per heavy atom. The molecule has 1 atom stereocenters. The fourth-order valence-corrected chi connectivity index (χ4v) is 3.20. The lowest BCUT2D eigenvalue weighted by Gasteiger charge is -2.42. The van der Waals surface area contributed by atoms with E-state index in [1.54, 1.807) is 24.5 Å². The van der Waals surface area contributed by atoms with Crippen LogP contribution in [0, 0.1) is 5.82 Å². The summed E-state index contributed by atoms with van der Waals surface area (Å²) in [5.41, 5.74) is -2.96. The first-order chi connectivity index (χ1) is 12.3. The van der Waals surface area contributed by atoms with Gasteiger partial charge in [0.1, 0.15) is 5.82 Å². The van der Waals surface area contributed by atoms with Gasteiger partial charge in [0, 0.05) is 17.3 Å². The average Bonchev–Trinajstić information content (AvgIpc) is 2.61. The van der Waals surface area contributed by atoms with Gasteiger partial charge in [0.25, 0.3) is 5.72 Å². The molecule has 0 amide bonds. The molecule has 2 aromatic rings. The van der Waals surface area contributed by atoms with Gasteiger partial charge in [0.2, 0.25) is 0 Å². The summed E-state index contributed by atoms with van der Waals surface area (Å²) in [6.07, 6.45) is -2.78. The number of alkyl halides is 3. The molecule has 2 aromatic carbocycles. The zero-order valence-electron chi connectivity index (χ0n) is 13.5. The van der Waals surface area contributed by atoms with Crippen molar-refractivity contribution < 1.29 is 22.7 Å². The van der Waals surface area contributed by atoms with Crippen LogP contribution in [0.4, 0.5) is 23.2 Å². The molecular formula is C18H14F4N2OS. The maximum Gasteiger partial charge on any atom is 0.441 e. The fraction of sp³-hybridized carbons (Fsp3) is 0.167. The van der Waals surface area contributed by atoms with Crippen molar-refractivity contribution in [2.75, 3.05) is 11.2 Å². The number of rotatable bonds is 2. The van der Waals surface area contributed by atoms with E-state index in [1.807, 2.05) is 0 Å². The molecule has 3 rings (SSSR count). The van der Waals surface area contributed by atoms with Crippen LogP contribution in [-0.2, 0) is 0 Å². The fourth-order valence-electron chi connectivity index (χ4n) is 2.58. The molecule has 1 heterocycles. The highest BCUT2D eigenvalue weighted by Gasteiger charge is 2.59. The third-order valence-corrected chi connectivity index (χ3v) is 4.48. The molecule has 1 aliphatic rings. The largest absolute Gasteiger partial charge is 0.441 e. The number of halogens is 4. The third kappa shape index (κ3) is 3.22. The number of benzene rings is 2. The standard InChI is InChI=1S/C18H14F4N2OS/c1-26-16-23-15(12-7-9-13(19)10-8-12)11-17(25,18(20,21)22)24(16)14-5-3-2-4-6-14/h2-11,25H,1H3. The maximum absolute atomic E-state index is 13.9. The smallest absolute Gasteiger partial charge is 0.360 e. The molecule has 26 heavy (non-hydrogen) atoms. The van der Waals surface area contributed by atoms with Crippen LogP contribution in [0.5, 0.6) is 0 Å². The lowest BCUT2D eigenvalue weighted by Crippen LogP contribution is -2.61. The molecule has 0 aromatic heterocycles. The summed E-state index contributed by atoms with van der Waals surface area (Å²) in [5.74, 6) is -0.517. The Balaban J connectivity index is 2.19. The van der Waals surface area contributed by atoms with E-state index in [0.717, 1.165) is 28.8 Å². The molecule has 1 N–H and O–H groups in total. The van der Waals surface area contributed by atoms with Crippen LogP contribution >= 0.6 is 11.8 Å². The van der Waals surface area contributed by atoms with Crippen molar-refractivity contribution in [1.82, 2.24) is 0 Å². The molecule has 0 spiro atoms. The van der Waals surface area contributed by atoms with Crippen LogP contribution in [0.1, 0.15) is 5.56 Å². The van der Waals surface area contributed by atoms with Gasteiger partial charge in [0.05, 0.1) is 5.70 Å². The Kier molecular flexibility index (Phi) is 4.81. The van der Waals surface area contributed by atoms with Crippen LogP contribution < -0.4 is 4.90 Å². The van der Waals surface area contributed by atoms with Gasteiger partial charge in [-0.15, -0.1) is 0 Å². The molecular weight excluding hydrogens is 368 g/mol. The summed E-state index contributed by atoms with van der Waals surface area (Å²) in [4.78, 5) is 4.99. The maximum atomic E-state index is 13.9. The van der Waals surface area contributed by atoms with Crippen molar-refractivity contribution >= 4 is 28.3 Å². The quantitative estimate of drug-likeness (QED) is 0.768. The predicted molar refractivity (Wildman–Crippen MR) is 95.3 cm³/mol. The highest BCUT2D eigenvalue weighted by Crippen LogP contribution is 2.43. The summed E-state index contributed by atoms with van der Waals surface area (Å²) in [5, 5.41) is 10.6. The SMILES string of the molecule is CSC1=NC(c2ccc(F)cc2)=CC(O)(C(F)(F)F)N1c1ccccc1. The van der Waals surface area contributed by atoms with Crippen LogP contribution in [0.25, 0.3) is 5.70 Å². The molecule has 0 bridgehead atoms. The number of aliphatic hydroxyl groups is 1. The normalized spacial score (nSPS) is 20.6. The number of aliphatic imine (C=N–C) groups is 1. The summed E-state index contributed by atoms with van der Waals surface area (Å²) in [7, 11) is 0. The zero-order valence-corrected chi connectivity index (χ0v) is 14.4. The second kappa shape index (κ2) is 6.77. The van der Waals surface area contributed by atoms with E-state index in [2.05, 4.69) is 4.99 Å². The second-order valence-electron chi connectivity index (χ2n) is 5.53. The van der Waals surface area contributed by atoms with E-state index < -0.39 is 17.7 Å². The Labute approximate surface area is 151 Å². The Bertz CT molecular complexity index is 850. The van der Waals surface area contributed by atoms with Crippen molar-refractivity contribution in [2.24, 2.45) is 4.99 Å². The molecule has 3 nitrogen and oxygen atoms in total. The van der Waals surface area contributed by atoms with E-state index in [0.29, 0.717) is 6.08 Å². The van der Waals surface area contributed by atoms with Gasteiger partial charge in [-0.3, -0.25) is 4.90 Å². The molecule has 1 unspecified atom stereocenters. The lowest BCUT2D eigenvalue weighted by atomic mass is 10.0. The number of para-hydroxylation sites is 1. The number of hydrogen-bond acceptors (Lipinski definition) is 4. The highest BCUT2D eigenvalue weighted by molar-refractivity contribution is 8.13. The lowest BCUT2D eigenvalue weighted by molar-refractivity contribution is -0.235. The molecule has 0 fully saturated rings. The Hall–Kier alpha value is -2.32. The van der Waals surface area contributed by atoms with Gasteiger partial charge in [-0.25, -0.2) is 9.38 Å². The van der Waals surface area contributed by atoms with E-state index in [4.69, 9.17) is 0 Å². The first kappa shape index (κ1) is 18.5. The number of nitrogens with zero attached hydrogens (tertiary/aromatic N) is 2. The molecule has 0 saturated heterocycles. The minimum Gasteiger partial charge on any atom is -0.360 e. The van der Waals surface area contributed by atoms with E-state index in [-0.39, 0.29) is 22.1 Å². The van der Waals surface area contributed by atoms with Crippen LogP contribution in [-0.4, -0.2) is 28.4 Å².